The molecule has 1 unspecified atom stereocenters. The summed E-state index contributed by atoms with van der Waals surface area (Å²) in [5.74, 6) is 1.21. The second-order valence-electron chi connectivity index (χ2n) is 8.59. The van der Waals surface area contributed by atoms with Crippen LogP contribution in [0, 0.1) is 11.3 Å². The summed E-state index contributed by atoms with van der Waals surface area (Å²) < 4.78 is 5.84. The summed E-state index contributed by atoms with van der Waals surface area (Å²) >= 11 is 0. The third-order valence-corrected chi connectivity index (χ3v) is 5.93. The van der Waals surface area contributed by atoms with Crippen LogP contribution in [0.1, 0.15) is 17.5 Å². The van der Waals surface area contributed by atoms with Crippen LogP contribution in [0.5, 0.6) is 5.75 Å². The molecule has 5 rings (SSSR count). The number of aliphatic hydroxyl groups excluding tert-OH is 1. The van der Waals surface area contributed by atoms with Gasteiger partial charge in [-0.05, 0) is 54.0 Å². The number of aliphatic hydroxyl groups is 1. The maximum absolute atomic E-state index is 10.5. The second-order valence-corrected chi connectivity index (χ2v) is 8.59. The Balaban J connectivity index is 1.26. The third-order valence-electron chi connectivity index (χ3n) is 5.93. The first-order valence-corrected chi connectivity index (χ1v) is 12.0. The van der Waals surface area contributed by atoms with Gasteiger partial charge in [0.25, 0.3) is 0 Å². The molecule has 3 aromatic rings. The molecule has 1 atom stereocenters. The molecule has 1 aliphatic heterocycles. The van der Waals surface area contributed by atoms with E-state index in [1.165, 1.54) is 0 Å². The van der Waals surface area contributed by atoms with Crippen molar-refractivity contribution in [2.45, 2.75) is 18.9 Å². The van der Waals surface area contributed by atoms with E-state index < -0.39 is 6.10 Å². The van der Waals surface area contributed by atoms with Crippen LogP contribution in [0.15, 0.2) is 114 Å². The lowest BCUT2D eigenvalue weighted by Gasteiger charge is -2.23. The Morgan fingerprint density at radius 2 is 1.92 bits per heavy atom. The van der Waals surface area contributed by atoms with Gasteiger partial charge in [0.15, 0.2) is 11.6 Å². The lowest BCUT2D eigenvalue weighted by molar-refractivity contribution is 0.284. The molecule has 2 aliphatic rings. The normalized spacial score (nSPS) is 16.5. The molecule has 2 aromatic carbocycles. The van der Waals surface area contributed by atoms with E-state index >= 15 is 0 Å². The molecule has 0 saturated heterocycles. The zero-order valence-corrected chi connectivity index (χ0v) is 20.1. The van der Waals surface area contributed by atoms with E-state index in [2.05, 4.69) is 33.3 Å². The van der Waals surface area contributed by atoms with E-state index in [0.717, 1.165) is 28.8 Å². The number of aromatic nitrogens is 2. The second kappa shape index (κ2) is 11.3. The largest absolute Gasteiger partial charge is 0.486 e. The molecule has 0 bridgehead atoms. The average Bonchev–Trinajstić information content (AvgIpc) is 3.23. The minimum Gasteiger partial charge on any atom is -0.486 e. The summed E-state index contributed by atoms with van der Waals surface area (Å²) in [7, 11) is 0. The van der Waals surface area contributed by atoms with Crippen LogP contribution in [0.2, 0.25) is 0 Å². The summed E-state index contributed by atoms with van der Waals surface area (Å²) in [5, 5.41) is 25.9. The number of allylic oxidation sites excluding steroid dienone is 4. The Morgan fingerprint density at radius 1 is 1.08 bits per heavy atom. The highest BCUT2D eigenvalue weighted by Gasteiger charge is 2.18. The fourth-order valence-electron chi connectivity index (χ4n) is 3.94. The number of hydrogen-bond donors (Lipinski definition) is 1. The highest BCUT2D eigenvalue weighted by atomic mass is 16.5. The molecule has 37 heavy (non-hydrogen) atoms. The number of nitriles is 1. The summed E-state index contributed by atoms with van der Waals surface area (Å²) in [5.41, 5.74) is 4.98. The summed E-state index contributed by atoms with van der Waals surface area (Å²) in [6.07, 6.45) is 17.7. The van der Waals surface area contributed by atoms with Crippen LogP contribution in [-0.4, -0.2) is 33.5 Å². The van der Waals surface area contributed by atoms with Gasteiger partial charge in [-0.15, -0.1) is 0 Å². The van der Waals surface area contributed by atoms with Gasteiger partial charge < -0.3 is 9.84 Å². The smallest absolute Gasteiger partial charge is 0.159 e. The van der Waals surface area contributed by atoms with Crippen molar-refractivity contribution in [3.8, 4) is 23.2 Å². The topological polar surface area (TPSA) is 94.6 Å². The summed E-state index contributed by atoms with van der Waals surface area (Å²) in [6, 6.07) is 17.1. The molecule has 1 N–H and O–H groups in total. The third kappa shape index (κ3) is 6.07. The van der Waals surface area contributed by atoms with Crippen molar-refractivity contribution in [3.63, 3.8) is 0 Å². The minimum atomic E-state index is -0.778. The van der Waals surface area contributed by atoms with Crippen molar-refractivity contribution in [2.75, 3.05) is 11.6 Å². The maximum atomic E-state index is 10.5. The Bertz CT molecular complexity index is 1440. The van der Waals surface area contributed by atoms with Crippen LogP contribution in [0.3, 0.4) is 0 Å². The molecule has 1 aromatic heterocycles. The van der Waals surface area contributed by atoms with Gasteiger partial charge in [0.05, 0.1) is 35.4 Å². The van der Waals surface area contributed by atoms with Crippen molar-refractivity contribution in [2.24, 2.45) is 5.10 Å². The Hall–Kier alpha value is -4.80. The fourth-order valence-corrected chi connectivity index (χ4v) is 3.94. The molecular formula is C30H25N5O2. The maximum Gasteiger partial charge on any atom is 0.159 e. The summed E-state index contributed by atoms with van der Waals surface area (Å²) in [6.45, 7) is 0.467. The SMILES string of the molecule is N#Cc1ccc(N2C=CC(O)C(Cc3cccc(-c4ncc(OCC5=CCC=CC=C5)cn4)c3)=N2)cc1. The molecule has 7 heteroatoms. The predicted molar refractivity (Wildman–Crippen MR) is 144 cm³/mol. The van der Waals surface area contributed by atoms with Gasteiger partial charge in [-0.2, -0.15) is 10.4 Å². The first-order chi connectivity index (χ1) is 18.2. The fraction of sp³-hybridized carbons (Fsp3) is 0.133. The number of hydrogen-bond acceptors (Lipinski definition) is 7. The predicted octanol–water partition coefficient (Wildman–Crippen LogP) is 5.13. The number of hydrazone groups is 1. The molecule has 0 saturated carbocycles. The van der Waals surface area contributed by atoms with Crippen molar-refractivity contribution < 1.29 is 9.84 Å². The molecule has 0 fully saturated rings. The van der Waals surface area contributed by atoms with Crippen LogP contribution in [0.4, 0.5) is 5.69 Å². The molecule has 0 spiro atoms. The van der Waals surface area contributed by atoms with Crippen molar-refractivity contribution in [1.82, 2.24) is 9.97 Å². The Morgan fingerprint density at radius 3 is 2.73 bits per heavy atom. The van der Waals surface area contributed by atoms with Crippen molar-refractivity contribution in [3.05, 3.63) is 120 Å². The molecular weight excluding hydrogens is 462 g/mol. The van der Waals surface area contributed by atoms with Gasteiger partial charge in [0, 0.05) is 18.2 Å². The van der Waals surface area contributed by atoms with Gasteiger partial charge in [-0.25, -0.2) is 15.0 Å². The molecule has 1 aliphatic carbocycles. The number of ether oxygens (including phenoxy) is 1. The number of benzene rings is 2. The van der Waals surface area contributed by atoms with Gasteiger partial charge in [-0.1, -0.05) is 48.6 Å². The lowest BCUT2D eigenvalue weighted by Crippen LogP contribution is -2.28. The zero-order valence-electron chi connectivity index (χ0n) is 20.1. The van der Waals surface area contributed by atoms with Gasteiger partial charge in [0.2, 0.25) is 0 Å². The van der Waals surface area contributed by atoms with Gasteiger partial charge >= 0.3 is 0 Å². The van der Waals surface area contributed by atoms with E-state index in [4.69, 9.17) is 10.00 Å². The minimum absolute atomic E-state index is 0.463. The van der Waals surface area contributed by atoms with Crippen LogP contribution in [-0.2, 0) is 6.42 Å². The summed E-state index contributed by atoms with van der Waals surface area (Å²) in [4.78, 5) is 8.98. The zero-order chi connectivity index (χ0) is 25.5. The highest BCUT2D eigenvalue weighted by molar-refractivity contribution is 5.94. The molecule has 7 nitrogen and oxygen atoms in total. The van der Waals surface area contributed by atoms with E-state index in [1.807, 2.05) is 54.6 Å². The van der Waals surface area contributed by atoms with Crippen molar-refractivity contribution >= 4 is 11.4 Å². The Kier molecular flexibility index (Phi) is 7.30. The van der Waals surface area contributed by atoms with Gasteiger partial charge in [0.1, 0.15) is 12.7 Å². The van der Waals surface area contributed by atoms with Crippen LogP contribution >= 0.6 is 0 Å². The number of rotatable bonds is 7. The molecule has 2 heterocycles. The first-order valence-electron chi connectivity index (χ1n) is 12.0. The quantitative estimate of drug-likeness (QED) is 0.497. The number of nitrogens with zero attached hydrogens (tertiary/aromatic N) is 5. The van der Waals surface area contributed by atoms with E-state index in [0.29, 0.717) is 35.9 Å². The molecule has 0 radical (unpaired) electrons. The average molecular weight is 488 g/mol. The van der Waals surface area contributed by atoms with E-state index in [1.54, 1.807) is 41.8 Å². The standard InChI is InChI=1S/C30H25N5O2/c31-18-22-10-12-26(13-11-22)35-15-14-29(36)28(34-35)17-24-8-5-9-25(16-24)30-32-19-27(20-33-30)37-21-23-6-3-1-2-4-7-23/h1-3,5-16,19-20,29,36H,4,17,21H2. The highest BCUT2D eigenvalue weighted by Crippen LogP contribution is 2.22. The Labute approximate surface area is 215 Å². The van der Waals surface area contributed by atoms with Crippen molar-refractivity contribution in [1.29, 1.82) is 5.26 Å². The van der Waals surface area contributed by atoms with Gasteiger partial charge in [-0.3, -0.25) is 0 Å². The first kappa shape index (κ1) is 23.9. The van der Waals surface area contributed by atoms with Crippen LogP contribution in [0.25, 0.3) is 11.4 Å². The van der Waals surface area contributed by atoms with Crippen LogP contribution < -0.4 is 9.75 Å². The molecule has 182 valence electrons. The van der Waals surface area contributed by atoms with E-state index in [-0.39, 0.29) is 0 Å². The van der Waals surface area contributed by atoms with E-state index in [9.17, 15) is 5.11 Å². The lowest BCUT2D eigenvalue weighted by atomic mass is 10.0. The monoisotopic (exact) mass is 487 g/mol. The number of anilines is 1. The molecule has 0 amide bonds.